The first kappa shape index (κ1) is 32.4. The summed E-state index contributed by atoms with van der Waals surface area (Å²) in [5.74, 6) is -1.47. The van der Waals surface area contributed by atoms with E-state index in [0.717, 1.165) is 10.5 Å². The number of benzene rings is 1. The second kappa shape index (κ2) is 15.2. The molecule has 0 saturated carbocycles. The Morgan fingerprint density at radius 2 is 1.74 bits per heavy atom. The number of anilines is 2. The zero-order chi connectivity index (χ0) is 31.4. The number of hydrogen-bond donors (Lipinski definition) is 5. The third kappa shape index (κ3) is 11.0. The molecule has 0 unspecified atom stereocenters. The summed E-state index contributed by atoms with van der Waals surface area (Å²) in [7, 11) is 0. The molecule has 16 nitrogen and oxygen atoms in total. The van der Waals surface area contributed by atoms with E-state index in [1.165, 1.54) is 10.9 Å². The highest BCUT2D eigenvalue weighted by atomic mass is 16.6. The molecule has 3 amide bonds. The molecule has 0 spiro atoms. The number of nitrogens with zero attached hydrogens (tertiary/aromatic N) is 5. The fraction of sp³-hybridized carbons (Fsp3) is 0.444. The minimum Gasteiger partial charge on any atom is -0.480 e. The maximum atomic E-state index is 13.0. The van der Waals surface area contributed by atoms with Crippen LogP contribution < -0.4 is 21.7 Å². The molecular weight excluding hydrogens is 562 g/mol. The van der Waals surface area contributed by atoms with E-state index in [0.29, 0.717) is 30.8 Å². The van der Waals surface area contributed by atoms with E-state index in [4.69, 9.17) is 15.2 Å². The topological polar surface area (TPSA) is 216 Å². The minimum absolute atomic E-state index is 0.0125. The van der Waals surface area contributed by atoms with Gasteiger partial charge in [0.25, 0.3) is 0 Å². The second-order valence-corrected chi connectivity index (χ2v) is 10.4. The molecule has 3 aromatic rings. The van der Waals surface area contributed by atoms with Crippen molar-refractivity contribution in [3.8, 4) is 0 Å². The van der Waals surface area contributed by atoms with Crippen molar-refractivity contribution in [1.82, 2.24) is 35.1 Å². The Hall–Kier alpha value is -5.15. The summed E-state index contributed by atoms with van der Waals surface area (Å²) in [6, 6.07) is 9.33. The number of imidazole rings is 1. The first-order valence-electron chi connectivity index (χ1n) is 13.5. The third-order valence-corrected chi connectivity index (χ3v) is 5.64. The largest absolute Gasteiger partial charge is 0.480 e. The summed E-state index contributed by atoms with van der Waals surface area (Å²) in [6.07, 6.45) is 0.705. The number of alkyl carbamates (subject to hydrolysis) is 2. The second-order valence-electron chi connectivity index (χ2n) is 10.4. The molecule has 3 rings (SSSR count). The average Bonchev–Trinajstić information content (AvgIpc) is 3.32. The molecule has 43 heavy (non-hydrogen) atoms. The van der Waals surface area contributed by atoms with Crippen molar-refractivity contribution >= 4 is 47.0 Å². The van der Waals surface area contributed by atoms with Gasteiger partial charge in [0.05, 0.1) is 6.33 Å². The van der Waals surface area contributed by atoms with E-state index in [2.05, 4.69) is 30.9 Å². The quantitative estimate of drug-likeness (QED) is 0.167. The molecule has 0 saturated heterocycles. The summed E-state index contributed by atoms with van der Waals surface area (Å²) < 4.78 is 11.8. The lowest BCUT2D eigenvalue weighted by Crippen LogP contribution is -2.43. The zero-order valence-corrected chi connectivity index (χ0v) is 24.3. The Balaban J connectivity index is 1.53. The number of fused-ring (bicyclic) bond motifs is 1. The van der Waals surface area contributed by atoms with Crippen LogP contribution in [-0.2, 0) is 32.2 Å². The molecule has 16 heteroatoms. The van der Waals surface area contributed by atoms with Crippen molar-refractivity contribution in [3.63, 3.8) is 0 Å². The number of rotatable bonds is 14. The van der Waals surface area contributed by atoms with E-state index in [1.807, 2.05) is 30.3 Å². The molecule has 0 aliphatic heterocycles. The number of carboxylic acids is 1. The van der Waals surface area contributed by atoms with E-state index in [1.54, 1.807) is 20.8 Å². The Labute approximate surface area is 248 Å². The first-order chi connectivity index (χ1) is 20.4. The van der Waals surface area contributed by atoms with Crippen molar-refractivity contribution in [3.05, 3.63) is 42.2 Å². The summed E-state index contributed by atoms with van der Waals surface area (Å²) in [4.78, 5) is 62.0. The van der Waals surface area contributed by atoms with Crippen molar-refractivity contribution in [2.45, 2.75) is 45.9 Å². The van der Waals surface area contributed by atoms with Gasteiger partial charge in [-0.3, -0.25) is 9.59 Å². The van der Waals surface area contributed by atoms with Crippen LogP contribution in [0.1, 0.15) is 32.8 Å². The van der Waals surface area contributed by atoms with Gasteiger partial charge in [-0.05, 0) is 32.8 Å². The number of aromatic nitrogens is 4. The average molecular weight is 600 g/mol. The summed E-state index contributed by atoms with van der Waals surface area (Å²) in [6.45, 7) is 5.14. The number of hydrogen-bond acceptors (Lipinski definition) is 11. The smallest absolute Gasteiger partial charge is 0.407 e. The van der Waals surface area contributed by atoms with Crippen LogP contribution >= 0.6 is 0 Å². The predicted molar refractivity (Wildman–Crippen MR) is 156 cm³/mol. The molecule has 0 aliphatic rings. The van der Waals surface area contributed by atoms with Crippen LogP contribution in [0.4, 0.5) is 21.4 Å². The van der Waals surface area contributed by atoms with E-state index < -0.39 is 36.2 Å². The number of aliphatic carboxylic acids is 1. The van der Waals surface area contributed by atoms with Crippen LogP contribution in [0.25, 0.3) is 11.2 Å². The van der Waals surface area contributed by atoms with Gasteiger partial charge >= 0.3 is 18.2 Å². The fourth-order valence-corrected chi connectivity index (χ4v) is 3.77. The monoisotopic (exact) mass is 599 g/mol. The van der Waals surface area contributed by atoms with Gasteiger partial charge in [0.15, 0.2) is 17.0 Å². The van der Waals surface area contributed by atoms with Gasteiger partial charge in [0.2, 0.25) is 11.9 Å². The highest BCUT2D eigenvalue weighted by Gasteiger charge is 2.21. The van der Waals surface area contributed by atoms with Crippen LogP contribution in [0.2, 0.25) is 0 Å². The fourth-order valence-electron chi connectivity index (χ4n) is 3.77. The van der Waals surface area contributed by atoms with E-state index in [9.17, 15) is 24.3 Å². The maximum Gasteiger partial charge on any atom is 0.407 e. The number of nitrogens with two attached hydrogens (primary N) is 1. The SMILES string of the molecule is CC(C)(C)OC(=O)NCCN(CC(=O)O)C(=O)Cn1cnc2c(NCCCNC(=O)OCc3ccccc3)nc(N)nc21. The highest BCUT2D eigenvalue weighted by molar-refractivity contribution is 5.86. The lowest BCUT2D eigenvalue weighted by atomic mass is 10.2. The number of carbonyl (C=O) groups excluding carboxylic acids is 3. The number of carboxylic acid groups (broad SMARTS) is 1. The van der Waals surface area contributed by atoms with Gasteiger partial charge < -0.3 is 45.7 Å². The number of nitrogens with one attached hydrogen (secondary N) is 3. The molecule has 0 radical (unpaired) electrons. The molecule has 232 valence electrons. The van der Waals surface area contributed by atoms with Gasteiger partial charge in [-0.2, -0.15) is 9.97 Å². The Kier molecular flexibility index (Phi) is 11.4. The highest BCUT2D eigenvalue weighted by Crippen LogP contribution is 2.20. The molecule has 0 fully saturated rings. The first-order valence-corrected chi connectivity index (χ1v) is 13.5. The van der Waals surface area contributed by atoms with Crippen molar-refractivity contribution < 1.29 is 33.8 Å². The molecule has 0 atom stereocenters. The lowest BCUT2D eigenvalue weighted by Gasteiger charge is -2.23. The van der Waals surface area contributed by atoms with E-state index >= 15 is 0 Å². The predicted octanol–water partition coefficient (Wildman–Crippen LogP) is 1.57. The Morgan fingerprint density at radius 3 is 2.44 bits per heavy atom. The molecule has 1 aromatic carbocycles. The van der Waals surface area contributed by atoms with Gasteiger partial charge in [0.1, 0.15) is 25.3 Å². The molecular formula is C27H37N9O7. The van der Waals surface area contributed by atoms with Crippen LogP contribution in [0.15, 0.2) is 36.7 Å². The number of amides is 3. The molecule has 6 N–H and O–H groups in total. The van der Waals surface area contributed by atoms with Crippen molar-refractivity contribution in [2.24, 2.45) is 0 Å². The number of ether oxygens (including phenoxy) is 2. The Bertz CT molecular complexity index is 1410. The summed E-state index contributed by atoms with van der Waals surface area (Å²) in [5.41, 5.74) is 6.71. The normalized spacial score (nSPS) is 11.0. The van der Waals surface area contributed by atoms with Gasteiger partial charge in [-0.25, -0.2) is 14.6 Å². The van der Waals surface area contributed by atoms with Crippen LogP contribution in [0.3, 0.4) is 0 Å². The zero-order valence-electron chi connectivity index (χ0n) is 24.3. The minimum atomic E-state index is -1.21. The van der Waals surface area contributed by atoms with Gasteiger partial charge in [-0.15, -0.1) is 0 Å². The van der Waals surface area contributed by atoms with Crippen LogP contribution in [0, 0.1) is 0 Å². The summed E-state index contributed by atoms with van der Waals surface area (Å²) >= 11 is 0. The molecule has 0 aliphatic carbocycles. The van der Waals surface area contributed by atoms with E-state index in [-0.39, 0.29) is 37.8 Å². The lowest BCUT2D eigenvalue weighted by molar-refractivity contribution is -0.144. The maximum absolute atomic E-state index is 13.0. The third-order valence-electron chi connectivity index (χ3n) is 5.64. The number of carbonyl (C=O) groups is 4. The van der Waals surface area contributed by atoms with Crippen molar-refractivity contribution in [1.29, 1.82) is 0 Å². The van der Waals surface area contributed by atoms with Crippen molar-refractivity contribution in [2.75, 3.05) is 43.8 Å². The number of nitrogen functional groups attached to an aromatic ring is 1. The molecule has 0 bridgehead atoms. The molecule has 2 aromatic heterocycles. The standard InChI is InChI=1S/C27H37N9O7/c1-27(2,3)43-26(41)31-12-13-35(15-20(38)39)19(37)14-36-17-32-21-22(33-24(28)34-23(21)36)29-10-7-11-30-25(40)42-16-18-8-5-4-6-9-18/h4-6,8-9,17H,7,10-16H2,1-3H3,(H,30,40)(H,31,41)(H,38,39)(H3,28,29,33,34). The molecule has 2 heterocycles. The van der Waals surface area contributed by atoms with Gasteiger partial charge in [-0.1, -0.05) is 30.3 Å². The Morgan fingerprint density at radius 1 is 1.02 bits per heavy atom. The summed E-state index contributed by atoms with van der Waals surface area (Å²) in [5, 5.41) is 17.6. The van der Waals surface area contributed by atoms with Crippen LogP contribution in [-0.4, -0.2) is 91.9 Å². The van der Waals surface area contributed by atoms with Crippen LogP contribution in [0.5, 0.6) is 0 Å². The van der Waals surface area contributed by atoms with Gasteiger partial charge in [0, 0.05) is 26.2 Å².